The summed E-state index contributed by atoms with van der Waals surface area (Å²) in [5, 5.41) is 8.85. The molecule has 0 saturated heterocycles. The van der Waals surface area contributed by atoms with Crippen LogP contribution in [0.4, 0.5) is 0 Å². The lowest BCUT2D eigenvalue weighted by Crippen LogP contribution is -2.58. The first-order valence-electron chi connectivity index (χ1n) is 10.0. The standard InChI is InChI=1S/C17H44O5Si4/c1-10-11-16-25(8,20-23(2,3)4)22-26(9,21-24(5,6)7)17-12-14-19-15-13-18/h18H,10-17H2,1-9H3. The average Bonchev–Trinajstić information content (AvgIpc) is 2.40. The molecule has 2 atom stereocenters. The Morgan fingerprint density at radius 2 is 1.12 bits per heavy atom. The summed E-state index contributed by atoms with van der Waals surface area (Å²) in [4.78, 5) is 0. The molecule has 0 spiro atoms. The van der Waals surface area contributed by atoms with Crippen molar-refractivity contribution in [2.75, 3.05) is 19.8 Å². The van der Waals surface area contributed by atoms with E-state index >= 15 is 0 Å². The summed E-state index contributed by atoms with van der Waals surface area (Å²) < 4.78 is 25.6. The largest absolute Gasteiger partial charge is 0.437 e. The minimum Gasteiger partial charge on any atom is -0.437 e. The summed E-state index contributed by atoms with van der Waals surface area (Å²) in [7, 11) is -8.04. The number of ether oxygens (including phenoxy) is 1. The minimum absolute atomic E-state index is 0.0721. The Morgan fingerprint density at radius 1 is 0.654 bits per heavy atom. The van der Waals surface area contributed by atoms with Crippen molar-refractivity contribution in [2.45, 2.75) is 90.7 Å². The van der Waals surface area contributed by atoms with Crippen LogP contribution in [0, 0.1) is 0 Å². The van der Waals surface area contributed by atoms with Gasteiger partial charge in [-0.15, -0.1) is 0 Å². The van der Waals surface area contributed by atoms with Crippen molar-refractivity contribution in [3.8, 4) is 0 Å². The normalized spacial score (nSPS) is 17.8. The van der Waals surface area contributed by atoms with E-state index < -0.39 is 33.8 Å². The van der Waals surface area contributed by atoms with Crippen LogP contribution in [0.3, 0.4) is 0 Å². The number of unbranched alkanes of at least 4 members (excludes halogenated alkanes) is 1. The van der Waals surface area contributed by atoms with Crippen LogP contribution in [0.2, 0.25) is 64.5 Å². The van der Waals surface area contributed by atoms with Crippen molar-refractivity contribution in [3.63, 3.8) is 0 Å². The van der Waals surface area contributed by atoms with Gasteiger partial charge in [-0.2, -0.15) is 0 Å². The van der Waals surface area contributed by atoms with E-state index in [9.17, 15) is 0 Å². The maximum atomic E-state index is 8.85. The van der Waals surface area contributed by atoms with Crippen LogP contribution in [0.1, 0.15) is 26.2 Å². The molecule has 5 nitrogen and oxygen atoms in total. The van der Waals surface area contributed by atoms with Gasteiger partial charge in [0.15, 0.2) is 16.6 Å². The number of rotatable bonds is 15. The molecule has 0 aliphatic carbocycles. The van der Waals surface area contributed by atoms with Gasteiger partial charge in [0.1, 0.15) is 0 Å². The topological polar surface area (TPSA) is 57.2 Å². The fraction of sp³-hybridized carbons (Fsp3) is 1.00. The lowest BCUT2D eigenvalue weighted by atomic mass is 10.4. The van der Waals surface area contributed by atoms with E-state index in [1.54, 1.807) is 0 Å². The van der Waals surface area contributed by atoms with Gasteiger partial charge in [0.25, 0.3) is 0 Å². The van der Waals surface area contributed by atoms with Gasteiger partial charge in [-0.05, 0) is 70.9 Å². The van der Waals surface area contributed by atoms with Gasteiger partial charge in [-0.1, -0.05) is 19.8 Å². The van der Waals surface area contributed by atoms with E-state index in [-0.39, 0.29) is 6.61 Å². The maximum Gasteiger partial charge on any atom is 0.315 e. The summed E-state index contributed by atoms with van der Waals surface area (Å²) >= 11 is 0. The van der Waals surface area contributed by atoms with Gasteiger partial charge in [0.05, 0.1) is 13.2 Å². The van der Waals surface area contributed by atoms with Crippen molar-refractivity contribution in [2.24, 2.45) is 0 Å². The van der Waals surface area contributed by atoms with Crippen LogP contribution in [-0.4, -0.2) is 58.7 Å². The second-order valence-corrected chi connectivity index (χ2v) is 25.8. The summed E-state index contributed by atoms with van der Waals surface area (Å²) in [6.45, 7) is 21.2. The molecular formula is C17H44O5Si4. The van der Waals surface area contributed by atoms with Gasteiger partial charge in [-0.25, -0.2) is 0 Å². The quantitative estimate of drug-likeness (QED) is 0.285. The Kier molecular flexibility index (Phi) is 11.9. The van der Waals surface area contributed by atoms with Crippen molar-refractivity contribution >= 4 is 33.8 Å². The third-order valence-corrected chi connectivity index (χ3v) is 17.9. The molecule has 0 rings (SSSR count). The number of aliphatic hydroxyl groups excluding tert-OH is 1. The third-order valence-electron chi connectivity index (χ3n) is 3.62. The maximum absolute atomic E-state index is 8.85. The lowest BCUT2D eigenvalue weighted by molar-refractivity contribution is 0.0918. The van der Waals surface area contributed by atoms with Crippen LogP contribution < -0.4 is 0 Å². The smallest absolute Gasteiger partial charge is 0.315 e. The molecule has 0 aromatic rings. The van der Waals surface area contributed by atoms with E-state index in [0.717, 1.165) is 31.4 Å². The second-order valence-electron chi connectivity index (χ2n) is 9.34. The van der Waals surface area contributed by atoms with Gasteiger partial charge in [-0.3, -0.25) is 0 Å². The highest BCUT2D eigenvalue weighted by molar-refractivity contribution is 6.89. The Morgan fingerprint density at radius 3 is 1.50 bits per heavy atom. The zero-order chi connectivity index (χ0) is 20.5. The Hall–Kier alpha value is 0.668. The van der Waals surface area contributed by atoms with Crippen LogP contribution in [0.25, 0.3) is 0 Å². The molecule has 0 saturated carbocycles. The average molecular weight is 441 g/mol. The van der Waals surface area contributed by atoms with Crippen LogP contribution >= 0.6 is 0 Å². The second kappa shape index (κ2) is 11.6. The Labute approximate surface area is 166 Å². The first-order chi connectivity index (χ1) is 11.7. The highest BCUT2D eigenvalue weighted by Gasteiger charge is 2.46. The van der Waals surface area contributed by atoms with E-state index in [1.165, 1.54) is 0 Å². The molecule has 0 fully saturated rings. The first-order valence-corrected chi connectivity index (χ1v) is 21.9. The molecule has 9 heteroatoms. The van der Waals surface area contributed by atoms with E-state index in [1.807, 2.05) is 0 Å². The molecule has 26 heavy (non-hydrogen) atoms. The summed E-state index contributed by atoms with van der Waals surface area (Å²) in [5.74, 6) is 0. The molecule has 0 heterocycles. The lowest BCUT2D eigenvalue weighted by Gasteiger charge is -2.43. The number of hydrogen-bond acceptors (Lipinski definition) is 5. The molecule has 0 amide bonds. The van der Waals surface area contributed by atoms with E-state index in [2.05, 4.69) is 59.3 Å². The fourth-order valence-electron chi connectivity index (χ4n) is 3.16. The minimum atomic E-state index is -2.35. The Balaban J connectivity index is 5.21. The van der Waals surface area contributed by atoms with Gasteiger partial charge >= 0.3 is 17.1 Å². The molecule has 0 bridgehead atoms. The number of aliphatic hydroxyl groups is 1. The molecule has 0 aromatic heterocycles. The fourth-order valence-corrected chi connectivity index (χ4v) is 21.7. The molecule has 0 radical (unpaired) electrons. The molecule has 2 unspecified atom stereocenters. The molecule has 0 aliphatic rings. The Bertz CT molecular complexity index is 386. The zero-order valence-corrected chi connectivity index (χ0v) is 22.7. The summed E-state index contributed by atoms with van der Waals surface area (Å²) in [5.41, 5.74) is 0. The highest BCUT2D eigenvalue weighted by Crippen LogP contribution is 2.30. The first kappa shape index (κ1) is 26.7. The van der Waals surface area contributed by atoms with Crippen LogP contribution in [-0.2, 0) is 17.1 Å². The van der Waals surface area contributed by atoms with Crippen molar-refractivity contribution in [1.29, 1.82) is 0 Å². The zero-order valence-electron chi connectivity index (χ0n) is 18.7. The highest BCUT2D eigenvalue weighted by atomic mass is 28.5. The van der Waals surface area contributed by atoms with Gasteiger partial charge in [0, 0.05) is 6.61 Å². The van der Waals surface area contributed by atoms with E-state index in [4.69, 9.17) is 22.2 Å². The number of hydrogen-bond donors (Lipinski definition) is 1. The molecule has 1 N–H and O–H groups in total. The van der Waals surface area contributed by atoms with Crippen LogP contribution in [0.5, 0.6) is 0 Å². The predicted octanol–water partition coefficient (Wildman–Crippen LogP) is 5.05. The van der Waals surface area contributed by atoms with Crippen LogP contribution in [0.15, 0.2) is 0 Å². The van der Waals surface area contributed by atoms with Gasteiger partial charge in [0.2, 0.25) is 0 Å². The summed E-state index contributed by atoms with van der Waals surface area (Å²) in [6.07, 6.45) is 3.20. The van der Waals surface area contributed by atoms with Gasteiger partial charge < -0.3 is 22.2 Å². The van der Waals surface area contributed by atoms with Crippen molar-refractivity contribution in [3.05, 3.63) is 0 Å². The summed E-state index contributed by atoms with van der Waals surface area (Å²) in [6, 6.07) is 1.94. The van der Waals surface area contributed by atoms with E-state index in [0.29, 0.717) is 13.2 Å². The molecular weight excluding hydrogens is 397 g/mol. The molecule has 0 aliphatic heterocycles. The van der Waals surface area contributed by atoms with Crippen molar-refractivity contribution in [1.82, 2.24) is 0 Å². The SMILES string of the molecule is CCCC[Si](C)(O[Si](C)(C)C)O[Si](C)(CCCOCCO)O[Si](C)(C)C. The molecule has 0 aromatic carbocycles. The predicted molar refractivity (Wildman–Crippen MR) is 120 cm³/mol. The third kappa shape index (κ3) is 13.8. The van der Waals surface area contributed by atoms with Crippen molar-refractivity contribution < 1.29 is 22.2 Å². The monoisotopic (exact) mass is 440 g/mol. The molecule has 158 valence electrons.